The molecule has 0 amide bonds. The zero-order chi connectivity index (χ0) is 13.8. The van der Waals surface area contributed by atoms with Gasteiger partial charge in [0.05, 0.1) is 0 Å². The van der Waals surface area contributed by atoms with E-state index in [4.69, 9.17) is 10.8 Å². The Morgan fingerprint density at radius 1 is 1.33 bits per heavy atom. The minimum Gasteiger partial charge on any atom is -0.396 e. The Morgan fingerprint density at radius 3 is 2.28 bits per heavy atom. The Bertz CT molecular complexity index is 239. The molecule has 1 unspecified atom stereocenters. The minimum atomic E-state index is 0.107. The monoisotopic (exact) mass is 256 g/mol. The van der Waals surface area contributed by atoms with Crippen LogP contribution in [0.1, 0.15) is 59.8 Å². The number of nitrogens with two attached hydrogens (primary N) is 1. The lowest BCUT2D eigenvalue weighted by Crippen LogP contribution is -2.57. The van der Waals surface area contributed by atoms with Gasteiger partial charge in [-0.3, -0.25) is 0 Å². The van der Waals surface area contributed by atoms with E-state index in [1.165, 1.54) is 25.7 Å². The summed E-state index contributed by atoms with van der Waals surface area (Å²) in [7, 11) is 0. The summed E-state index contributed by atoms with van der Waals surface area (Å²) in [6.07, 6.45) is 5.67. The first-order valence-electron chi connectivity index (χ1n) is 7.41. The van der Waals surface area contributed by atoms with Crippen LogP contribution in [0.5, 0.6) is 0 Å². The normalized spacial score (nSPS) is 31.3. The lowest BCUT2D eigenvalue weighted by Gasteiger charge is -2.45. The molecule has 3 heteroatoms. The fourth-order valence-corrected chi connectivity index (χ4v) is 3.23. The highest BCUT2D eigenvalue weighted by molar-refractivity contribution is 4.97. The van der Waals surface area contributed by atoms with Gasteiger partial charge in [0, 0.05) is 24.7 Å². The highest BCUT2D eigenvalue weighted by atomic mass is 16.3. The van der Waals surface area contributed by atoms with Crippen molar-refractivity contribution >= 4 is 0 Å². The first-order valence-corrected chi connectivity index (χ1v) is 7.41. The van der Waals surface area contributed by atoms with Gasteiger partial charge < -0.3 is 16.2 Å². The Morgan fingerprint density at radius 2 is 1.89 bits per heavy atom. The van der Waals surface area contributed by atoms with E-state index in [1.54, 1.807) is 0 Å². The molecule has 18 heavy (non-hydrogen) atoms. The molecule has 4 N–H and O–H groups in total. The van der Waals surface area contributed by atoms with Gasteiger partial charge in [-0.15, -0.1) is 0 Å². The molecule has 0 aliphatic heterocycles. The molecule has 1 fully saturated rings. The van der Waals surface area contributed by atoms with E-state index < -0.39 is 0 Å². The van der Waals surface area contributed by atoms with Crippen LogP contribution < -0.4 is 11.1 Å². The summed E-state index contributed by atoms with van der Waals surface area (Å²) in [5, 5.41) is 12.7. The molecular formula is C15H32N2O. The summed E-state index contributed by atoms with van der Waals surface area (Å²) in [6.45, 7) is 10.1. The van der Waals surface area contributed by atoms with Crippen molar-refractivity contribution < 1.29 is 5.11 Å². The third-order valence-corrected chi connectivity index (χ3v) is 4.67. The van der Waals surface area contributed by atoms with Gasteiger partial charge in [0.25, 0.3) is 0 Å². The van der Waals surface area contributed by atoms with Crippen molar-refractivity contribution in [2.24, 2.45) is 17.1 Å². The molecule has 1 atom stereocenters. The van der Waals surface area contributed by atoms with Crippen molar-refractivity contribution in [3.8, 4) is 0 Å². The molecule has 0 heterocycles. The Hall–Kier alpha value is -0.120. The summed E-state index contributed by atoms with van der Waals surface area (Å²) < 4.78 is 0. The van der Waals surface area contributed by atoms with Crippen LogP contribution >= 0.6 is 0 Å². The molecule has 1 aliphatic carbocycles. The van der Waals surface area contributed by atoms with Gasteiger partial charge in [-0.1, -0.05) is 20.8 Å². The predicted molar refractivity (Wildman–Crippen MR) is 77.5 cm³/mol. The standard InChI is InChI=1S/C15H32N2O/c1-12(7-10-18)17-15(11-16)8-5-13(6-9-15)14(2,3)4/h12-13,17-18H,5-11,16H2,1-4H3. The van der Waals surface area contributed by atoms with Gasteiger partial charge in [-0.2, -0.15) is 0 Å². The van der Waals surface area contributed by atoms with Crippen molar-refractivity contribution in [2.75, 3.05) is 13.2 Å². The van der Waals surface area contributed by atoms with Crippen LogP contribution in [0.4, 0.5) is 0 Å². The Balaban J connectivity index is 2.54. The molecule has 108 valence electrons. The maximum atomic E-state index is 9.00. The molecule has 1 rings (SSSR count). The maximum Gasteiger partial charge on any atom is 0.0445 e. The molecular weight excluding hydrogens is 224 g/mol. The van der Waals surface area contributed by atoms with Gasteiger partial charge in [-0.25, -0.2) is 0 Å². The van der Waals surface area contributed by atoms with Crippen molar-refractivity contribution in [1.82, 2.24) is 5.32 Å². The van der Waals surface area contributed by atoms with E-state index in [0.717, 1.165) is 12.3 Å². The lowest BCUT2D eigenvalue weighted by atomic mass is 9.67. The molecule has 0 aromatic heterocycles. The van der Waals surface area contributed by atoms with E-state index >= 15 is 0 Å². The Labute approximate surface area is 113 Å². The molecule has 3 nitrogen and oxygen atoms in total. The molecule has 1 aliphatic rings. The van der Waals surface area contributed by atoms with Crippen LogP contribution in [-0.4, -0.2) is 29.8 Å². The predicted octanol–water partition coefficient (Wildman–Crippen LogP) is 2.28. The number of rotatable bonds is 5. The second-order valence-corrected chi connectivity index (χ2v) is 7.18. The highest BCUT2D eigenvalue weighted by Gasteiger charge is 2.38. The smallest absolute Gasteiger partial charge is 0.0445 e. The van der Waals surface area contributed by atoms with E-state index in [9.17, 15) is 0 Å². The van der Waals surface area contributed by atoms with E-state index in [1.807, 2.05) is 0 Å². The maximum absolute atomic E-state index is 9.00. The molecule has 0 saturated heterocycles. The quantitative estimate of drug-likeness (QED) is 0.707. The summed E-state index contributed by atoms with van der Waals surface area (Å²) in [5.41, 5.74) is 6.53. The third-order valence-electron chi connectivity index (χ3n) is 4.67. The van der Waals surface area contributed by atoms with Gasteiger partial charge in [0.1, 0.15) is 0 Å². The van der Waals surface area contributed by atoms with Crippen LogP contribution in [0.3, 0.4) is 0 Å². The van der Waals surface area contributed by atoms with Gasteiger partial charge in [0.15, 0.2) is 0 Å². The zero-order valence-corrected chi connectivity index (χ0v) is 12.6. The van der Waals surface area contributed by atoms with Gasteiger partial charge in [-0.05, 0) is 50.4 Å². The molecule has 0 aromatic carbocycles. The van der Waals surface area contributed by atoms with Crippen molar-refractivity contribution in [3.05, 3.63) is 0 Å². The van der Waals surface area contributed by atoms with Gasteiger partial charge >= 0.3 is 0 Å². The van der Waals surface area contributed by atoms with Crippen molar-refractivity contribution in [1.29, 1.82) is 0 Å². The summed E-state index contributed by atoms with van der Waals surface area (Å²) in [5.74, 6) is 0.812. The van der Waals surface area contributed by atoms with Crippen molar-refractivity contribution in [2.45, 2.75) is 71.4 Å². The highest BCUT2D eigenvalue weighted by Crippen LogP contribution is 2.41. The molecule has 0 radical (unpaired) electrons. The number of nitrogens with one attached hydrogen (secondary N) is 1. The zero-order valence-electron chi connectivity index (χ0n) is 12.6. The first-order chi connectivity index (χ1) is 8.33. The van der Waals surface area contributed by atoms with E-state index in [0.29, 0.717) is 18.0 Å². The number of aliphatic hydroxyl groups excluding tert-OH is 1. The second kappa shape index (κ2) is 6.36. The van der Waals surface area contributed by atoms with E-state index in [2.05, 4.69) is 33.0 Å². The summed E-state index contributed by atoms with van der Waals surface area (Å²) in [6, 6.07) is 0.352. The molecule has 1 saturated carbocycles. The van der Waals surface area contributed by atoms with Crippen LogP contribution in [0.2, 0.25) is 0 Å². The number of hydrogen-bond acceptors (Lipinski definition) is 3. The number of aliphatic hydroxyl groups is 1. The largest absolute Gasteiger partial charge is 0.396 e. The van der Waals surface area contributed by atoms with Crippen molar-refractivity contribution in [3.63, 3.8) is 0 Å². The van der Waals surface area contributed by atoms with Gasteiger partial charge in [0.2, 0.25) is 0 Å². The second-order valence-electron chi connectivity index (χ2n) is 7.18. The summed E-state index contributed by atoms with van der Waals surface area (Å²) >= 11 is 0. The number of hydrogen-bond donors (Lipinski definition) is 3. The fourth-order valence-electron chi connectivity index (χ4n) is 3.23. The average Bonchev–Trinajstić information content (AvgIpc) is 2.28. The third kappa shape index (κ3) is 4.22. The molecule has 0 spiro atoms. The van der Waals surface area contributed by atoms with E-state index in [-0.39, 0.29) is 12.1 Å². The average molecular weight is 256 g/mol. The van der Waals surface area contributed by atoms with Crippen LogP contribution in [0.25, 0.3) is 0 Å². The minimum absolute atomic E-state index is 0.107. The molecule has 0 bridgehead atoms. The SMILES string of the molecule is CC(CCO)NC1(CN)CCC(C(C)(C)C)CC1. The summed E-state index contributed by atoms with van der Waals surface area (Å²) in [4.78, 5) is 0. The fraction of sp³-hybridized carbons (Fsp3) is 1.00. The lowest BCUT2D eigenvalue weighted by molar-refractivity contribution is 0.108. The van der Waals surface area contributed by atoms with Crippen LogP contribution in [0.15, 0.2) is 0 Å². The topological polar surface area (TPSA) is 58.3 Å². The first kappa shape index (κ1) is 15.9. The molecule has 0 aromatic rings. The van der Waals surface area contributed by atoms with Crippen LogP contribution in [0, 0.1) is 11.3 Å². The Kier molecular flexibility index (Phi) is 5.63. The van der Waals surface area contributed by atoms with Crippen LogP contribution in [-0.2, 0) is 0 Å².